The van der Waals surface area contributed by atoms with E-state index in [0.29, 0.717) is 16.5 Å². The molecule has 2 aromatic heterocycles. The van der Waals surface area contributed by atoms with E-state index in [1.807, 2.05) is 30.3 Å². The van der Waals surface area contributed by atoms with Crippen LogP contribution < -0.4 is 5.32 Å². The van der Waals surface area contributed by atoms with Crippen LogP contribution in [0.25, 0.3) is 10.9 Å². The number of carbonyl (C=O) groups is 1. The van der Waals surface area contributed by atoms with Gasteiger partial charge in [0.1, 0.15) is 5.69 Å². The van der Waals surface area contributed by atoms with Crippen molar-refractivity contribution in [2.45, 2.75) is 0 Å². The normalized spacial score (nSPS) is 10.4. The number of nitrogens with zero attached hydrogens (tertiary/aromatic N) is 2. The Kier molecular flexibility index (Phi) is 3.31. The first-order valence-corrected chi connectivity index (χ1v) is 6.39. The first-order chi connectivity index (χ1) is 9.74. The molecule has 0 aliphatic heterocycles. The number of benzene rings is 1. The van der Waals surface area contributed by atoms with Crippen LogP contribution in [0.2, 0.25) is 5.02 Å². The van der Waals surface area contributed by atoms with Crippen molar-refractivity contribution < 1.29 is 4.79 Å². The van der Waals surface area contributed by atoms with Crippen molar-refractivity contribution in [2.24, 2.45) is 0 Å². The number of hydrogen-bond donors (Lipinski definition) is 1. The van der Waals surface area contributed by atoms with Crippen LogP contribution in [0.3, 0.4) is 0 Å². The Morgan fingerprint density at radius 3 is 2.75 bits per heavy atom. The molecule has 0 spiro atoms. The maximum absolute atomic E-state index is 12.1. The molecule has 1 aromatic carbocycles. The Labute approximate surface area is 120 Å². The van der Waals surface area contributed by atoms with Crippen molar-refractivity contribution in [1.82, 2.24) is 9.97 Å². The van der Waals surface area contributed by atoms with E-state index in [0.717, 1.165) is 10.9 Å². The first-order valence-electron chi connectivity index (χ1n) is 6.02. The fourth-order valence-electron chi connectivity index (χ4n) is 1.84. The summed E-state index contributed by atoms with van der Waals surface area (Å²) in [5.74, 6) is -0.00882. The summed E-state index contributed by atoms with van der Waals surface area (Å²) in [4.78, 5) is 20.5. The molecule has 1 N–H and O–H groups in total. The Bertz CT molecular complexity index is 789. The van der Waals surface area contributed by atoms with E-state index in [4.69, 9.17) is 11.6 Å². The van der Waals surface area contributed by atoms with Crippen molar-refractivity contribution in [3.63, 3.8) is 0 Å². The highest BCUT2D eigenvalue weighted by Gasteiger charge is 2.10. The number of pyridine rings is 2. The Morgan fingerprint density at radius 2 is 1.90 bits per heavy atom. The van der Waals surface area contributed by atoms with Gasteiger partial charge in [0.2, 0.25) is 0 Å². The van der Waals surface area contributed by atoms with Crippen molar-refractivity contribution in [3.05, 3.63) is 65.4 Å². The largest absolute Gasteiger partial charge is 0.304 e. The van der Waals surface area contributed by atoms with Gasteiger partial charge in [-0.2, -0.15) is 0 Å². The van der Waals surface area contributed by atoms with Gasteiger partial charge in [0, 0.05) is 11.6 Å². The van der Waals surface area contributed by atoms with Gasteiger partial charge in [0.15, 0.2) is 5.82 Å². The average molecular weight is 284 g/mol. The summed E-state index contributed by atoms with van der Waals surface area (Å²) in [6.07, 6.45) is 1.56. The minimum absolute atomic E-state index is 0.324. The summed E-state index contributed by atoms with van der Waals surface area (Å²) >= 11 is 5.95. The molecule has 0 bridgehead atoms. The molecule has 3 aromatic rings. The molecule has 0 saturated heterocycles. The zero-order valence-electron chi connectivity index (χ0n) is 10.4. The summed E-state index contributed by atoms with van der Waals surface area (Å²) in [5.41, 5.74) is 1.10. The lowest BCUT2D eigenvalue weighted by Crippen LogP contribution is -2.14. The molecular weight excluding hydrogens is 274 g/mol. The van der Waals surface area contributed by atoms with Gasteiger partial charge in [-0.25, -0.2) is 9.97 Å². The second kappa shape index (κ2) is 5.27. The van der Waals surface area contributed by atoms with Crippen molar-refractivity contribution in [2.75, 3.05) is 5.32 Å². The van der Waals surface area contributed by atoms with Gasteiger partial charge in [0.25, 0.3) is 5.91 Å². The van der Waals surface area contributed by atoms with E-state index in [1.165, 1.54) is 0 Å². The molecule has 0 radical (unpaired) electrons. The molecule has 0 fully saturated rings. The number of amides is 1. The standard InChI is InChI=1S/C15H10ClN3O/c16-11-5-3-9-17-14(11)19-15(20)13-8-7-10-4-1-2-6-12(10)18-13/h1-9H,(H,17,19,20). The number of nitrogens with one attached hydrogen (secondary N) is 1. The maximum atomic E-state index is 12.1. The van der Waals surface area contributed by atoms with Crippen LogP contribution in [-0.4, -0.2) is 15.9 Å². The topological polar surface area (TPSA) is 54.9 Å². The quantitative estimate of drug-likeness (QED) is 0.783. The molecule has 2 heterocycles. The molecule has 0 saturated carbocycles. The van der Waals surface area contributed by atoms with Crippen LogP contribution in [0.15, 0.2) is 54.7 Å². The van der Waals surface area contributed by atoms with Gasteiger partial charge in [-0.3, -0.25) is 4.79 Å². The summed E-state index contributed by atoms with van der Waals surface area (Å²) in [5, 5.41) is 4.02. The van der Waals surface area contributed by atoms with Gasteiger partial charge in [0.05, 0.1) is 10.5 Å². The van der Waals surface area contributed by atoms with Crippen LogP contribution >= 0.6 is 11.6 Å². The SMILES string of the molecule is O=C(Nc1ncccc1Cl)c1ccc2ccccc2n1. The number of para-hydroxylation sites is 1. The van der Waals surface area contributed by atoms with Crippen LogP contribution in [0, 0.1) is 0 Å². The van der Waals surface area contributed by atoms with E-state index in [1.54, 1.807) is 24.4 Å². The van der Waals surface area contributed by atoms with Gasteiger partial charge >= 0.3 is 0 Å². The number of fused-ring (bicyclic) bond motifs is 1. The minimum Gasteiger partial charge on any atom is -0.304 e. The molecule has 1 amide bonds. The average Bonchev–Trinajstić information content (AvgIpc) is 2.49. The zero-order valence-corrected chi connectivity index (χ0v) is 11.1. The molecule has 20 heavy (non-hydrogen) atoms. The minimum atomic E-state index is -0.337. The number of aromatic nitrogens is 2. The van der Waals surface area contributed by atoms with Crippen molar-refractivity contribution in [1.29, 1.82) is 0 Å². The smallest absolute Gasteiger partial charge is 0.275 e. The number of halogens is 1. The molecular formula is C15H10ClN3O. The highest BCUT2D eigenvalue weighted by molar-refractivity contribution is 6.33. The lowest BCUT2D eigenvalue weighted by Gasteiger charge is -2.06. The van der Waals surface area contributed by atoms with E-state index < -0.39 is 0 Å². The van der Waals surface area contributed by atoms with E-state index in [9.17, 15) is 4.79 Å². The first kappa shape index (κ1) is 12.6. The zero-order chi connectivity index (χ0) is 13.9. The third kappa shape index (κ3) is 2.46. The summed E-state index contributed by atoms with van der Waals surface area (Å²) in [6, 6.07) is 14.5. The van der Waals surface area contributed by atoms with E-state index in [-0.39, 0.29) is 5.91 Å². The van der Waals surface area contributed by atoms with Crippen LogP contribution in [-0.2, 0) is 0 Å². The summed E-state index contributed by atoms with van der Waals surface area (Å²) < 4.78 is 0. The second-order valence-electron chi connectivity index (χ2n) is 4.18. The third-order valence-corrected chi connectivity index (χ3v) is 3.13. The Morgan fingerprint density at radius 1 is 1.05 bits per heavy atom. The summed E-state index contributed by atoms with van der Waals surface area (Å²) in [6.45, 7) is 0. The van der Waals surface area contributed by atoms with Gasteiger partial charge < -0.3 is 5.32 Å². The molecule has 5 heteroatoms. The van der Waals surface area contributed by atoms with Gasteiger partial charge in [-0.15, -0.1) is 0 Å². The predicted octanol–water partition coefficient (Wildman–Crippen LogP) is 3.54. The maximum Gasteiger partial charge on any atom is 0.275 e. The highest BCUT2D eigenvalue weighted by atomic mass is 35.5. The number of rotatable bonds is 2. The molecule has 0 aliphatic carbocycles. The second-order valence-corrected chi connectivity index (χ2v) is 4.58. The Balaban J connectivity index is 1.91. The fourth-order valence-corrected chi connectivity index (χ4v) is 2.01. The lowest BCUT2D eigenvalue weighted by molar-refractivity contribution is 0.102. The number of hydrogen-bond acceptors (Lipinski definition) is 3. The fraction of sp³-hybridized carbons (Fsp3) is 0. The van der Waals surface area contributed by atoms with Gasteiger partial charge in [-0.1, -0.05) is 35.9 Å². The molecule has 98 valence electrons. The molecule has 4 nitrogen and oxygen atoms in total. The highest BCUT2D eigenvalue weighted by Crippen LogP contribution is 2.18. The van der Waals surface area contributed by atoms with Crippen molar-refractivity contribution >= 4 is 34.2 Å². The van der Waals surface area contributed by atoms with Crippen LogP contribution in [0.4, 0.5) is 5.82 Å². The van der Waals surface area contributed by atoms with Crippen molar-refractivity contribution in [3.8, 4) is 0 Å². The molecule has 0 atom stereocenters. The number of carbonyl (C=O) groups excluding carboxylic acids is 1. The molecule has 0 aliphatic rings. The molecule has 3 rings (SSSR count). The predicted molar refractivity (Wildman–Crippen MR) is 78.9 cm³/mol. The third-order valence-electron chi connectivity index (χ3n) is 2.82. The van der Waals surface area contributed by atoms with Gasteiger partial charge in [-0.05, 0) is 24.3 Å². The molecule has 0 unspecified atom stereocenters. The lowest BCUT2D eigenvalue weighted by atomic mass is 10.2. The number of anilines is 1. The van der Waals surface area contributed by atoms with E-state index in [2.05, 4.69) is 15.3 Å². The van der Waals surface area contributed by atoms with E-state index >= 15 is 0 Å². The summed E-state index contributed by atoms with van der Waals surface area (Å²) in [7, 11) is 0. The van der Waals surface area contributed by atoms with Crippen LogP contribution in [0.1, 0.15) is 10.5 Å². The Hall–Kier alpha value is -2.46. The van der Waals surface area contributed by atoms with Crippen LogP contribution in [0.5, 0.6) is 0 Å². The monoisotopic (exact) mass is 283 g/mol.